The monoisotopic (exact) mass is 207 g/mol. The van der Waals surface area contributed by atoms with E-state index in [1.807, 2.05) is 19.1 Å². The van der Waals surface area contributed by atoms with E-state index in [-0.39, 0.29) is 11.9 Å². The van der Waals surface area contributed by atoms with E-state index in [9.17, 15) is 4.79 Å². The Labute approximate surface area is 89.9 Å². The highest BCUT2D eigenvalue weighted by Gasteiger charge is 2.09. The van der Waals surface area contributed by atoms with E-state index in [1.165, 1.54) is 0 Å². The van der Waals surface area contributed by atoms with E-state index < -0.39 is 0 Å². The Hall–Kier alpha value is -1.42. The number of hydrogen-bond acceptors (Lipinski definition) is 3. The molecule has 0 unspecified atom stereocenters. The third-order valence-electron chi connectivity index (χ3n) is 2.21. The molecule has 0 fully saturated rings. The first kappa shape index (κ1) is 11.7. The molecule has 0 bridgehead atoms. The van der Waals surface area contributed by atoms with Crippen LogP contribution >= 0.6 is 0 Å². The van der Waals surface area contributed by atoms with Gasteiger partial charge in [-0.1, -0.05) is 13.0 Å². The van der Waals surface area contributed by atoms with Crippen molar-refractivity contribution in [3.63, 3.8) is 0 Å². The Morgan fingerprint density at radius 3 is 3.07 bits per heavy atom. The van der Waals surface area contributed by atoms with E-state index >= 15 is 0 Å². The largest absolute Gasteiger partial charge is 0.354 e. The molecule has 1 aromatic heterocycles. The highest BCUT2D eigenvalue weighted by Crippen LogP contribution is 1.95. The minimum atomic E-state index is -0.390. The molecule has 4 nitrogen and oxygen atoms in total. The summed E-state index contributed by atoms with van der Waals surface area (Å²) in [6.07, 6.45) is 4.98. The van der Waals surface area contributed by atoms with E-state index in [2.05, 4.69) is 10.3 Å². The van der Waals surface area contributed by atoms with Gasteiger partial charge in [0.15, 0.2) is 0 Å². The van der Waals surface area contributed by atoms with Gasteiger partial charge in [-0.05, 0) is 24.5 Å². The first-order chi connectivity index (χ1) is 7.24. The van der Waals surface area contributed by atoms with Crippen LogP contribution in [0.25, 0.3) is 0 Å². The van der Waals surface area contributed by atoms with Crippen molar-refractivity contribution in [2.24, 2.45) is 5.73 Å². The molecule has 1 atom stereocenters. The van der Waals surface area contributed by atoms with Crippen LogP contribution in [0.2, 0.25) is 0 Å². The molecule has 0 aliphatic heterocycles. The van der Waals surface area contributed by atoms with Gasteiger partial charge < -0.3 is 11.1 Å². The van der Waals surface area contributed by atoms with Crippen LogP contribution in [-0.4, -0.2) is 23.5 Å². The average Bonchev–Trinajstić information content (AvgIpc) is 2.29. The van der Waals surface area contributed by atoms with Gasteiger partial charge in [-0.2, -0.15) is 0 Å². The van der Waals surface area contributed by atoms with Crippen LogP contribution in [0.5, 0.6) is 0 Å². The van der Waals surface area contributed by atoms with E-state index in [0.717, 1.165) is 12.0 Å². The summed E-state index contributed by atoms with van der Waals surface area (Å²) in [5, 5.41) is 2.79. The van der Waals surface area contributed by atoms with Gasteiger partial charge in [0.1, 0.15) is 0 Å². The molecule has 0 radical (unpaired) electrons. The zero-order valence-corrected chi connectivity index (χ0v) is 8.94. The summed E-state index contributed by atoms with van der Waals surface area (Å²) in [6.45, 7) is 2.50. The molecule has 1 heterocycles. The Bertz CT molecular complexity index is 300. The zero-order chi connectivity index (χ0) is 11.1. The molecule has 0 saturated carbocycles. The maximum Gasteiger partial charge on any atom is 0.236 e. The molecule has 0 spiro atoms. The van der Waals surface area contributed by atoms with Gasteiger partial charge in [0.05, 0.1) is 6.04 Å². The molecule has 0 aromatic carbocycles. The Balaban J connectivity index is 2.25. The molecular weight excluding hydrogens is 190 g/mol. The summed E-state index contributed by atoms with van der Waals surface area (Å²) < 4.78 is 0. The highest BCUT2D eigenvalue weighted by molar-refractivity contribution is 5.81. The molecule has 1 aromatic rings. The fraction of sp³-hybridized carbons (Fsp3) is 0.455. The molecule has 0 aliphatic carbocycles. The molecule has 3 N–H and O–H groups in total. The summed E-state index contributed by atoms with van der Waals surface area (Å²) in [4.78, 5) is 15.3. The lowest BCUT2D eigenvalue weighted by molar-refractivity contribution is -0.122. The normalized spacial score (nSPS) is 12.1. The van der Waals surface area contributed by atoms with E-state index in [4.69, 9.17) is 5.73 Å². The van der Waals surface area contributed by atoms with Crippen molar-refractivity contribution in [1.82, 2.24) is 10.3 Å². The van der Waals surface area contributed by atoms with Crippen LogP contribution in [0.3, 0.4) is 0 Å². The third-order valence-corrected chi connectivity index (χ3v) is 2.21. The summed E-state index contributed by atoms with van der Waals surface area (Å²) in [5.41, 5.74) is 6.69. The van der Waals surface area contributed by atoms with Gasteiger partial charge in [0.2, 0.25) is 5.91 Å². The molecule has 15 heavy (non-hydrogen) atoms. The first-order valence-corrected chi connectivity index (χ1v) is 5.16. The standard InChI is InChI=1S/C11H17N3O/c1-2-10(12)11(15)14-7-5-9-4-3-6-13-8-9/h3-4,6,8,10H,2,5,7,12H2,1H3,(H,14,15)/t10-/m0/s1. The van der Waals surface area contributed by atoms with Gasteiger partial charge in [-0.15, -0.1) is 0 Å². The maximum atomic E-state index is 11.3. The third kappa shape index (κ3) is 4.08. The lowest BCUT2D eigenvalue weighted by Gasteiger charge is -2.09. The van der Waals surface area contributed by atoms with Gasteiger partial charge in [-0.25, -0.2) is 0 Å². The number of aromatic nitrogens is 1. The topological polar surface area (TPSA) is 68.0 Å². The summed E-state index contributed by atoms with van der Waals surface area (Å²) >= 11 is 0. The molecule has 0 saturated heterocycles. The SMILES string of the molecule is CC[C@H](N)C(=O)NCCc1cccnc1. The van der Waals surface area contributed by atoms with E-state index in [1.54, 1.807) is 12.4 Å². The van der Waals surface area contributed by atoms with Crippen molar-refractivity contribution in [2.75, 3.05) is 6.54 Å². The van der Waals surface area contributed by atoms with Crippen molar-refractivity contribution in [3.05, 3.63) is 30.1 Å². The number of rotatable bonds is 5. The average molecular weight is 207 g/mol. The fourth-order valence-corrected chi connectivity index (χ4v) is 1.19. The number of nitrogens with one attached hydrogen (secondary N) is 1. The Kier molecular flexibility index (Phi) is 4.77. The second-order valence-electron chi connectivity index (χ2n) is 3.42. The quantitative estimate of drug-likeness (QED) is 0.737. The number of carbonyl (C=O) groups excluding carboxylic acids is 1. The predicted molar refractivity (Wildman–Crippen MR) is 59.2 cm³/mol. The molecule has 4 heteroatoms. The van der Waals surface area contributed by atoms with Crippen molar-refractivity contribution in [1.29, 1.82) is 0 Å². The zero-order valence-electron chi connectivity index (χ0n) is 8.94. The van der Waals surface area contributed by atoms with Crippen LogP contribution in [0, 0.1) is 0 Å². The molecular formula is C11H17N3O. The summed E-state index contributed by atoms with van der Waals surface area (Å²) in [7, 11) is 0. The summed E-state index contributed by atoms with van der Waals surface area (Å²) in [5.74, 6) is -0.0820. The number of amides is 1. The van der Waals surface area contributed by atoms with Crippen LogP contribution in [0.4, 0.5) is 0 Å². The number of nitrogens with two attached hydrogens (primary N) is 1. The smallest absolute Gasteiger partial charge is 0.236 e. The number of carbonyl (C=O) groups is 1. The van der Waals surface area contributed by atoms with Gasteiger partial charge >= 0.3 is 0 Å². The van der Waals surface area contributed by atoms with Crippen LogP contribution in [-0.2, 0) is 11.2 Å². The van der Waals surface area contributed by atoms with Crippen molar-refractivity contribution < 1.29 is 4.79 Å². The second kappa shape index (κ2) is 6.14. The van der Waals surface area contributed by atoms with Gasteiger partial charge in [0.25, 0.3) is 0 Å². The van der Waals surface area contributed by atoms with Crippen LogP contribution in [0.1, 0.15) is 18.9 Å². The fourth-order valence-electron chi connectivity index (χ4n) is 1.19. The molecule has 1 amide bonds. The molecule has 82 valence electrons. The maximum absolute atomic E-state index is 11.3. The second-order valence-corrected chi connectivity index (χ2v) is 3.42. The van der Waals surface area contributed by atoms with Crippen molar-refractivity contribution >= 4 is 5.91 Å². The Morgan fingerprint density at radius 1 is 1.67 bits per heavy atom. The Morgan fingerprint density at radius 2 is 2.47 bits per heavy atom. The number of nitrogens with zero attached hydrogens (tertiary/aromatic N) is 1. The lowest BCUT2D eigenvalue weighted by Crippen LogP contribution is -2.40. The predicted octanol–water partition coefficient (Wildman–Crippen LogP) is 0.478. The van der Waals surface area contributed by atoms with Crippen molar-refractivity contribution in [2.45, 2.75) is 25.8 Å². The van der Waals surface area contributed by atoms with Crippen molar-refractivity contribution in [3.8, 4) is 0 Å². The minimum Gasteiger partial charge on any atom is -0.354 e. The summed E-state index contributed by atoms with van der Waals surface area (Å²) in [6, 6.07) is 3.48. The lowest BCUT2D eigenvalue weighted by atomic mass is 10.2. The minimum absolute atomic E-state index is 0.0820. The molecule has 1 rings (SSSR count). The molecule has 0 aliphatic rings. The first-order valence-electron chi connectivity index (χ1n) is 5.16. The number of pyridine rings is 1. The van der Waals surface area contributed by atoms with Crippen LogP contribution < -0.4 is 11.1 Å². The van der Waals surface area contributed by atoms with Gasteiger partial charge in [0, 0.05) is 18.9 Å². The number of hydrogen-bond donors (Lipinski definition) is 2. The van der Waals surface area contributed by atoms with E-state index in [0.29, 0.717) is 13.0 Å². The van der Waals surface area contributed by atoms with Crippen LogP contribution in [0.15, 0.2) is 24.5 Å². The van der Waals surface area contributed by atoms with Gasteiger partial charge in [-0.3, -0.25) is 9.78 Å². The highest BCUT2D eigenvalue weighted by atomic mass is 16.2.